The fraction of sp³-hybridized carbons (Fsp3) is 0.200. The van der Waals surface area contributed by atoms with Gasteiger partial charge in [0.05, 0.1) is 0 Å². The van der Waals surface area contributed by atoms with E-state index in [1.54, 1.807) is 0 Å². The van der Waals surface area contributed by atoms with Crippen molar-refractivity contribution in [3.8, 4) is 0 Å². The molecule has 1 aromatic carbocycles. The highest BCUT2D eigenvalue weighted by molar-refractivity contribution is 5.91. The summed E-state index contributed by atoms with van der Waals surface area (Å²) in [6.45, 7) is 2.02. The fourth-order valence-corrected chi connectivity index (χ4v) is 1.19. The van der Waals surface area contributed by atoms with Crippen LogP contribution in [0.15, 0.2) is 24.3 Å². The Bertz CT molecular complexity index is 310. The molecule has 0 aromatic heterocycles. The largest absolute Gasteiger partial charge is 0.351 e. The van der Waals surface area contributed by atoms with E-state index in [2.05, 4.69) is 7.05 Å². The second kappa shape index (κ2) is 3.94. The van der Waals surface area contributed by atoms with Gasteiger partial charge in [0.25, 0.3) is 0 Å². The Balaban J connectivity index is 3.05. The molecule has 0 heterocycles. The van der Waals surface area contributed by atoms with E-state index in [4.69, 9.17) is 5.73 Å². The van der Waals surface area contributed by atoms with Crippen molar-refractivity contribution in [3.05, 3.63) is 36.9 Å². The number of benzene rings is 1. The van der Waals surface area contributed by atoms with E-state index in [1.807, 2.05) is 31.2 Å². The number of rotatable bonds is 2. The van der Waals surface area contributed by atoms with Gasteiger partial charge in [-0.05, 0) is 18.1 Å². The summed E-state index contributed by atoms with van der Waals surface area (Å²) in [5.74, 6) is 0. The third-order valence-corrected chi connectivity index (χ3v) is 1.93. The number of urea groups is 1. The third kappa shape index (κ3) is 1.99. The van der Waals surface area contributed by atoms with Crippen molar-refractivity contribution in [3.63, 3.8) is 0 Å². The molecule has 0 unspecified atom stereocenters. The lowest BCUT2D eigenvalue weighted by atomic mass is 10.1. The number of hydrogen-bond donors (Lipinski definition) is 1. The summed E-state index contributed by atoms with van der Waals surface area (Å²) >= 11 is 0. The van der Waals surface area contributed by atoms with Gasteiger partial charge in [-0.25, -0.2) is 4.79 Å². The molecule has 0 fully saturated rings. The second-order valence-electron chi connectivity index (χ2n) is 2.75. The highest BCUT2D eigenvalue weighted by atomic mass is 16.2. The first kappa shape index (κ1) is 9.58. The van der Waals surface area contributed by atoms with Crippen molar-refractivity contribution in [1.29, 1.82) is 0 Å². The minimum Gasteiger partial charge on any atom is -0.351 e. The van der Waals surface area contributed by atoms with Crippen LogP contribution >= 0.6 is 0 Å². The molecule has 0 bridgehead atoms. The number of hydrogen-bond acceptors (Lipinski definition) is 1. The molecule has 2 N–H and O–H groups in total. The van der Waals surface area contributed by atoms with Gasteiger partial charge in [-0.15, -0.1) is 0 Å². The van der Waals surface area contributed by atoms with Gasteiger partial charge in [0.2, 0.25) is 0 Å². The average molecular weight is 177 g/mol. The summed E-state index contributed by atoms with van der Waals surface area (Å²) in [6.07, 6.45) is 0.857. The van der Waals surface area contributed by atoms with Gasteiger partial charge in [-0.1, -0.05) is 25.1 Å². The van der Waals surface area contributed by atoms with Crippen molar-refractivity contribution in [1.82, 2.24) is 0 Å². The van der Waals surface area contributed by atoms with Crippen LogP contribution in [0.5, 0.6) is 0 Å². The molecule has 0 spiro atoms. The molecule has 0 aliphatic carbocycles. The number of primary amides is 1. The second-order valence-corrected chi connectivity index (χ2v) is 2.75. The topological polar surface area (TPSA) is 46.3 Å². The Hall–Kier alpha value is -1.51. The predicted octanol–water partition coefficient (Wildman–Crippen LogP) is 1.93. The van der Waals surface area contributed by atoms with Crippen molar-refractivity contribution in [2.24, 2.45) is 5.73 Å². The Labute approximate surface area is 78.2 Å². The molecule has 0 aliphatic rings. The Kier molecular flexibility index (Phi) is 2.90. The quantitative estimate of drug-likeness (QED) is 0.737. The fourth-order valence-electron chi connectivity index (χ4n) is 1.19. The van der Waals surface area contributed by atoms with Crippen LogP contribution in [0.3, 0.4) is 0 Å². The van der Waals surface area contributed by atoms with Crippen molar-refractivity contribution >= 4 is 11.7 Å². The van der Waals surface area contributed by atoms with E-state index in [9.17, 15) is 4.79 Å². The number of aryl methyl sites for hydroxylation is 1. The van der Waals surface area contributed by atoms with Crippen LogP contribution in [-0.2, 0) is 6.42 Å². The number of nitrogens with zero attached hydrogens (tertiary/aromatic N) is 1. The summed E-state index contributed by atoms with van der Waals surface area (Å²) in [5.41, 5.74) is 6.96. The van der Waals surface area contributed by atoms with E-state index in [0.29, 0.717) is 0 Å². The van der Waals surface area contributed by atoms with Crippen LogP contribution in [0.2, 0.25) is 0 Å². The standard InChI is InChI=1S/C10H13N2O/c1-3-8-6-4-5-7-9(8)12(2)10(11)13/h4-7H,2-3H2,1H3,(H2,11,13). The number of carbonyl (C=O) groups is 1. The molecule has 0 atom stereocenters. The van der Waals surface area contributed by atoms with Crippen LogP contribution in [0.4, 0.5) is 10.5 Å². The zero-order chi connectivity index (χ0) is 9.84. The molecular formula is C10H13N2O. The van der Waals surface area contributed by atoms with Gasteiger partial charge < -0.3 is 5.73 Å². The first-order valence-electron chi connectivity index (χ1n) is 4.14. The molecule has 0 saturated carbocycles. The molecule has 13 heavy (non-hydrogen) atoms. The summed E-state index contributed by atoms with van der Waals surface area (Å²) in [4.78, 5) is 12.1. The molecule has 1 radical (unpaired) electrons. The maximum atomic E-state index is 10.9. The Morgan fingerprint density at radius 2 is 2.15 bits per heavy atom. The number of carbonyl (C=O) groups excluding carboxylic acids is 1. The minimum absolute atomic E-state index is 0.541. The summed E-state index contributed by atoms with van der Waals surface area (Å²) in [6, 6.07) is 7.03. The highest BCUT2D eigenvalue weighted by Gasteiger charge is 2.09. The first-order chi connectivity index (χ1) is 6.16. The average Bonchev–Trinajstić information content (AvgIpc) is 2.16. The molecule has 69 valence electrons. The maximum absolute atomic E-state index is 10.9. The summed E-state index contributed by atoms with van der Waals surface area (Å²) in [5, 5.41) is 0. The predicted molar refractivity (Wildman–Crippen MR) is 53.2 cm³/mol. The molecule has 3 heteroatoms. The first-order valence-corrected chi connectivity index (χ1v) is 4.14. The van der Waals surface area contributed by atoms with Crippen LogP contribution in [0.25, 0.3) is 0 Å². The Morgan fingerprint density at radius 3 is 2.69 bits per heavy atom. The minimum atomic E-state index is -0.541. The number of amides is 2. The zero-order valence-corrected chi connectivity index (χ0v) is 7.66. The van der Waals surface area contributed by atoms with Gasteiger partial charge in [-0.3, -0.25) is 4.90 Å². The van der Waals surface area contributed by atoms with Crippen LogP contribution < -0.4 is 10.6 Å². The molecule has 1 rings (SSSR count). The van der Waals surface area contributed by atoms with Crippen molar-refractivity contribution in [2.45, 2.75) is 13.3 Å². The monoisotopic (exact) mass is 177 g/mol. The van der Waals surface area contributed by atoms with Crippen LogP contribution in [0.1, 0.15) is 12.5 Å². The van der Waals surface area contributed by atoms with Crippen LogP contribution in [0, 0.1) is 7.05 Å². The normalized spacial score (nSPS) is 9.69. The van der Waals surface area contributed by atoms with Gasteiger partial charge in [-0.2, -0.15) is 0 Å². The molecular weight excluding hydrogens is 164 g/mol. The van der Waals surface area contributed by atoms with Crippen molar-refractivity contribution < 1.29 is 4.79 Å². The van der Waals surface area contributed by atoms with E-state index >= 15 is 0 Å². The summed E-state index contributed by atoms with van der Waals surface area (Å²) < 4.78 is 0. The number of anilines is 1. The van der Waals surface area contributed by atoms with Gasteiger partial charge in [0.1, 0.15) is 0 Å². The molecule has 1 aromatic rings. The Morgan fingerprint density at radius 1 is 1.54 bits per heavy atom. The zero-order valence-electron chi connectivity index (χ0n) is 7.66. The van der Waals surface area contributed by atoms with E-state index in [1.165, 1.54) is 4.90 Å². The molecule has 3 nitrogen and oxygen atoms in total. The lowest BCUT2D eigenvalue weighted by Gasteiger charge is -2.17. The smallest absolute Gasteiger partial charge is 0.319 e. The summed E-state index contributed by atoms with van der Waals surface area (Å²) in [7, 11) is 3.58. The number of nitrogens with two attached hydrogens (primary N) is 1. The molecule has 0 saturated heterocycles. The number of para-hydroxylation sites is 1. The van der Waals surface area contributed by atoms with E-state index in [0.717, 1.165) is 17.7 Å². The maximum Gasteiger partial charge on any atom is 0.319 e. The van der Waals surface area contributed by atoms with E-state index in [-0.39, 0.29) is 0 Å². The lowest BCUT2D eigenvalue weighted by molar-refractivity contribution is 0.255. The highest BCUT2D eigenvalue weighted by Crippen LogP contribution is 2.19. The lowest BCUT2D eigenvalue weighted by Crippen LogP contribution is -2.30. The van der Waals surface area contributed by atoms with Crippen molar-refractivity contribution in [2.75, 3.05) is 4.90 Å². The molecule has 2 amide bonds. The molecule has 0 aliphatic heterocycles. The third-order valence-electron chi connectivity index (χ3n) is 1.93. The SMILES string of the molecule is [CH2]N(C(N)=O)c1ccccc1CC. The van der Waals surface area contributed by atoms with E-state index < -0.39 is 6.03 Å². The van der Waals surface area contributed by atoms with Gasteiger partial charge in [0.15, 0.2) is 0 Å². The van der Waals surface area contributed by atoms with Gasteiger partial charge in [0, 0.05) is 12.7 Å². The van der Waals surface area contributed by atoms with Crippen LogP contribution in [-0.4, -0.2) is 6.03 Å². The van der Waals surface area contributed by atoms with Gasteiger partial charge >= 0.3 is 6.03 Å².